The smallest absolute Gasteiger partial charge is 0.235 e. The van der Waals surface area contributed by atoms with Gasteiger partial charge in [-0.3, -0.25) is 4.57 Å². The molecule has 9 aromatic rings. The molecule has 10 rings (SSSR count). The van der Waals surface area contributed by atoms with Gasteiger partial charge in [0.1, 0.15) is 0 Å². The molecule has 0 saturated carbocycles. The minimum Gasteiger partial charge on any atom is -0.277 e. The Bertz CT molecular complexity index is 2680. The summed E-state index contributed by atoms with van der Waals surface area (Å²) in [4.78, 5) is 10.8. The summed E-state index contributed by atoms with van der Waals surface area (Å²) in [6, 6.07) is 54.5. The molecule has 1 aliphatic carbocycles. The van der Waals surface area contributed by atoms with E-state index < -0.39 is 0 Å². The first-order valence-corrected chi connectivity index (χ1v) is 16.6. The van der Waals surface area contributed by atoms with Gasteiger partial charge in [0.25, 0.3) is 0 Å². The van der Waals surface area contributed by atoms with Crippen molar-refractivity contribution in [3.63, 3.8) is 0 Å². The van der Waals surface area contributed by atoms with E-state index in [1.807, 2.05) is 12.1 Å². The Morgan fingerprint density at radius 3 is 1.77 bits per heavy atom. The van der Waals surface area contributed by atoms with Crippen LogP contribution in [0.15, 0.2) is 152 Å². The maximum absolute atomic E-state index is 5.38. The number of hydrogen-bond donors (Lipinski definition) is 0. The molecule has 3 heteroatoms. The highest BCUT2D eigenvalue weighted by Gasteiger charge is 2.35. The van der Waals surface area contributed by atoms with Crippen LogP contribution < -0.4 is 0 Å². The maximum atomic E-state index is 5.38. The van der Waals surface area contributed by atoms with Crippen LogP contribution in [-0.4, -0.2) is 14.5 Å². The zero-order valence-corrected chi connectivity index (χ0v) is 26.8. The third kappa shape index (κ3) is 3.82. The summed E-state index contributed by atoms with van der Waals surface area (Å²) in [5.41, 5.74) is 11.2. The Kier molecular flexibility index (Phi) is 5.63. The van der Waals surface area contributed by atoms with Crippen LogP contribution in [0, 0.1) is 0 Å². The van der Waals surface area contributed by atoms with Gasteiger partial charge in [0.05, 0.1) is 22.4 Å². The zero-order chi connectivity index (χ0) is 32.0. The van der Waals surface area contributed by atoms with Crippen LogP contribution in [0.3, 0.4) is 0 Å². The van der Waals surface area contributed by atoms with Crippen molar-refractivity contribution in [2.75, 3.05) is 0 Å². The molecule has 48 heavy (non-hydrogen) atoms. The maximum Gasteiger partial charge on any atom is 0.235 e. The van der Waals surface area contributed by atoms with Crippen LogP contribution in [0.2, 0.25) is 0 Å². The molecule has 0 fully saturated rings. The Morgan fingerprint density at radius 1 is 0.500 bits per heavy atom. The van der Waals surface area contributed by atoms with E-state index in [0.29, 0.717) is 5.95 Å². The van der Waals surface area contributed by atoms with E-state index in [1.165, 1.54) is 54.6 Å². The fraction of sp³-hybridized carbons (Fsp3) is 0.0667. The quantitative estimate of drug-likeness (QED) is 0.198. The second-order valence-electron chi connectivity index (χ2n) is 13.4. The molecule has 0 bridgehead atoms. The molecule has 7 aromatic carbocycles. The summed E-state index contributed by atoms with van der Waals surface area (Å²) in [7, 11) is 0. The highest BCUT2D eigenvalue weighted by atomic mass is 15.2. The molecule has 0 radical (unpaired) electrons. The van der Waals surface area contributed by atoms with E-state index in [4.69, 9.17) is 9.97 Å². The molecular formula is C45H31N3. The van der Waals surface area contributed by atoms with Crippen molar-refractivity contribution in [2.45, 2.75) is 19.3 Å². The van der Waals surface area contributed by atoms with E-state index in [1.54, 1.807) is 0 Å². The van der Waals surface area contributed by atoms with E-state index in [2.05, 4.69) is 158 Å². The molecule has 2 aromatic heterocycles. The number of benzene rings is 7. The number of hydrogen-bond acceptors (Lipinski definition) is 2. The molecule has 0 saturated heterocycles. The average Bonchev–Trinajstić information content (AvgIpc) is 3.45. The molecule has 0 N–H and O–H groups in total. The summed E-state index contributed by atoms with van der Waals surface area (Å²) in [6.45, 7) is 4.71. The minimum absolute atomic E-state index is 0.146. The number of fused-ring (bicyclic) bond motifs is 7. The van der Waals surface area contributed by atoms with Gasteiger partial charge in [-0.25, -0.2) is 9.97 Å². The number of nitrogens with zero attached hydrogens (tertiary/aromatic N) is 3. The van der Waals surface area contributed by atoms with Crippen molar-refractivity contribution in [3.8, 4) is 39.6 Å². The largest absolute Gasteiger partial charge is 0.277 e. The predicted octanol–water partition coefficient (Wildman–Crippen LogP) is 11.5. The first-order valence-electron chi connectivity index (χ1n) is 16.6. The summed E-state index contributed by atoms with van der Waals surface area (Å²) >= 11 is 0. The van der Waals surface area contributed by atoms with E-state index in [0.717, 1.165) is 33.5 Å². The molecule has 0 amide bonds. The summed E-state index contributed by atoms with van der Waals surface area (Å²) in [5, 5.41) is 7.39. The topological polar surface area (TPSA) is 30.7 Å². The van der Waals surface area contributed by atoms with Gasteiger partial charge >= 0.3 is 0 Å². The minimum atomic E-state index is -0.146. The van der Waals surface area contributed by atoms with Gasteiger partial charge in [-0.1, -0.05) is 141 Å². The van der Waals surface area contributed by atoms with Gasteiger partial charge in [0.15, 0.2) is 0 Å². The van der Waals surface area contributed by atoms with Crippen molar-refractivity contribution in [3.05, 3.63) is 163 Å². The molecule has 0 atom stereocenters. The molecule has 3 nitrogen and oxygen atoms in total. The van der Waals surface area contributed by atoms with Gasteiger partial charge < -0.3 is 0 Å². The highest BCUT2D eigenvalue weighted by molar-refractivity contribution is 6.24. The summed E-state index contributed by atoms with van der Waals surface area (Å²) in [5.74, 6) is 0.667. The second-order valence-corrected chi connectivity index (χ2v) is 13.4. The Labute approximate surface area is 278 Å². The highest BCUT2D eigenvalue weighted by Crippen LogP contribution is 2.52. The van der Waals surface area contributed by atoms with E-state index >= 15 is 0 Å². The van der Waals surface area contributed by atoms with Gasteiger partial charge in [-0.15, -0.1) is 0 Å². The van der Waals surface area contributed by atoms with Crippen molar-refractivity contribution < 1.29 is 0 Å². The third-order valence-corrected chi connectivity index (χ3v) is 10.4. The standard InChI is InChI=1S/C45H31N3/c1-45(2)36-22-12-11-21-33(36)42-41-32(20-13-23-37(41)45)25-35-34-24-30-18-9-10-19-31(30)26-40(34)48(43(35)42)44-46-38(28-14-5-3-6-15-28)27-39(47-44)29-16-7-4-8-17-29/h3-27H,1-2H3. The first kappa shape index (κ1) is 27.1. The molecule has 2 heterocycles. The van der Waals surface area contributed by atoms with Crippen molar-refractivity contribution in [1.82, 2.24) is 14.5 Å². The molecule has 1 aliphatic rings. The lowest BCUT2D eigenvalue weighted by Gasteiger charge is -2.35. The molecule has 0 unspecified atom stereocenters. The molecule has 226 valence electrons. The van der Waals surface area contributed by atoms with Crippen LogP contribution in [0.5, 0.6) is 0 Å². The third-order valence-electron chi connectivity index (χ3n) is 10.4. The Hall–Kier alpha value is -6.06. The predicted molar refractivity (Wildman–Crippen MR) is 200 cm³/mol. The summed E-state index contributed by atoms with van der Waals surface area (Å²) < 4.78 is 2.34. The van der Waals surface area contributed by atoms with Crippen LogP contribution in [0.4, 0.5) is 0 Å². The van der Waals surface area contributed by atoms with Gasteiger partial charge in [-0.05, 0) is 62.5 Å². The number of rotatable bonds is 3. The fourth-order valence-electron chi connectivity index (χ4n) is 8.06. The van der Waals surface area contributed by atoms with E-state index in [-0.39, 0.29) is 5.41 Å². The second kappa shape index (κ2) is 9.97. The van der Waals surface area contributed by atoms with Crippen LogP contribution in [0.1, 0.15) is 25.0 Å². The van der Waals surface area contributed by atoms with Crippen molar-refractivity contribution in [2.24, 2.45) is 0 Å². The van der Waals surface area contributed by atoms with Gasteiger partial charge in [0.2, 0.25) is 5.95 Å². The zero-order valence-electron chi connectivity index (χ0n) is 26.8. The normalized spacial score (nSPS) is 13.4. The Balaban J connectivity index is 1.44. The first-order chi connectivity index (χ1) is 23.6. The van der Waals surface area contributed by atoms with Gasteiger partial charge in [0, 0.05) is 32.9 Å². The van der Waals surface area contributed by atoms with Crippen LogP contribution >= 0.6 is 0 Å². The summed E-state index contributed by atoms with van der Waals surface area (Å²) in [6.07, 6.45) is 0. The van der Waals surface area contributed by atoms with Gasteiger partial charge in [-0.2, -0.15) is 0 Å². The Morgan fingerprint density at radius 2 is 1.06 bits per heavy atom. The molecule has 0 spiro atoms. The molecular weight excluding hydrogens is 583 g/mol. The van der Waals surface area contributed by atoms with Crippen LogP contribution in [0.25, 0.3) is 82.9 Å². The average molecular weight is 614 g/mol. The fourth-order valence-corrected chi connectivity index (χ4v) is 8.06. The van der Waals surface area contributed by atoms with Crippen LogP contribution in [-0.2, 0) is 5.41 Å². The SMILES string of the molecule is CC1(C)c2ccccc2-c2c3c1cccc3cc1c3cc4ccccc4cc3n(-c3nc(-c4ccccc4)cc(-c4ccccc4)n3)c21. The molecule has 0 aliphatic heterocycles. The van der Waals surface area contributed by atoms with Crippen molar-refractivity contribution >= 4 is 43.4 Å². The number of aromatic nitrogens is 3. The lowest BCUT2D eigenvalue weighted by Crippen LogP contribution is -2.23. The van der Waals surface area contributed by atoms with E-state index in [9.17, 15) is 0 Å². The lowest BCUT2D eigenvalue weighted by atomic mass is 9.68. The van der Waals surface area contributed by atoms with Crippen molar-refractivity contribution in [1.29, 1.82) is 0 Å². The lowest BCUT2D eigenvalue weighted by molar-refractivity contribution is 0.645. The monoisotopic (exact) mass is 613 g/mol.